The largest absolute Gasteiger partial charge is 0.498 e. The monoisotopic (exact) mass is 280 g/mol. The Bertz CT molecular complexity index is 343. The lowest BCUT2D eigenvalue weighted by molar-refractivity contribution is 0.188. The van der Waals surface area contributed by atoms with Gasteiger partial charge in [-0.3, -0.25) is 4.55 Å². The lowest BCUT2D eigenvalue weighted by Crippen LogP contribution is -2.32. The van der Waals surface area contributed by atoms with Crippen molar-refractivity contribution < 1.29 is 22.4 Å². The molecule has 0 aliphatic rings. The fourth-order valence-corrected chi connectivity index (χ4v) is 1.29. The highest BCUT2D eigenvalue weighted by Gasteiger charge is 2.32. The summed E-state index contributed by atoms with van der Waals surface area (Å²) in [5.74, 6) is 0.592. The minimum Gasteiger partial charge on any atom is -0.498 e. The van der Waals surface area contributed by atoms with Crippen molar-refractivity contribution >= 4 is 10.1 Å². The van der Waals surface area contributed by atoms with Crippen LogP contribution in [0.4, 0.5) is 0 Å². The van der Waals surface area contributed by atoms with E-state index in [1.54, 1.807) is 0 Å². The van der Waals surface area contributed by atoms with Gasteiger partial charge in [0.15, 0.2) is 0 Å². The summed E-state index contributed by atoms with van der Waals surface area (Å²) in [6.45, 7) is 7.97. The summed E-state index contributed by atoms with van der Waals surface area (Å²) in [7, 11) is -4.05. The zero-order chi connectivity index (χ0) is 14.2. The molecule has 0 aliphatic heterocycles. The van der Waals surface area contributed by atoms with E-state index in [1.165, 1.54) is 26.4 Å². The highest BCUT2D eigenvalue weighted by Crippen LogP contribution is 2.19. The average Bonchev–Trinajstić information content (AvgIpc) is 2.19. The van der Waals surface area contributed by atoms with Crippen molar-refractivity contribution in [1.29, 1.82) is 0 Å². The molecular formula is C12H24O5S. The van der Waals surface area contributed by atoms with E-state index >= 15 is 0 Å². The van der Waals surface area contributed by atoms with Crippen LogP contribution in [0.15, 0.2) is 12.5 Å². The van der Waals surface area contributed by atoms with Gasteiger partial charge in [-0.15, -0.1) is 0 Å². The highest BCUT2D eigenvalue weighted by molar-refractivity contribution is 7.87. The molecule has 0 aromatic rings. The van der Waals surface area contributed by atoms with Crippen LogP contribution in [0.5, 0.6) is 0 Å². The molecule has 0 spiro atoms. The Morgan fingerprint density at radius 3 is 2.11 bits per heavy atom. The molecular weight excluding hydrogens is 256 g/mol. The van der Waals surface area contributed by atoms with Crippen molar-refractivity contribution in [3.8, 4) is 0 Å². The van der Waals surface area contributed by atoms with Gasteiger partial charge in [0.2, 0.25) is 0 Å². The van der Waals surface area contributed by atoms with Gasteiger partial charge in [0.25, 0.3) is 10.1 Å². The van der Waals surface area contributed by atoms with Crippen molar-refractivity contribution in [2.24, 2.45) is 5.92 Å². The fourth-order valence-electron chi connectivity index (χ4n) is 0.952. The molecule has 0 heterocycles. The first kappa shape index (κ1) is 17.2. The van der Waals surface area contributed by atoms with E-state index in [0.717, 1.165) is 6.42 Å². The van der Waals surface area contributed by atoms with Crippen LogP contribution in [0.1, 0.15) is 40.5 Å². The first-order valence-corrected chi connectivity index (χ1v) is 7.46. The van der Waals surface area contributed by atoms with Gasteiger partial charge in [-0.25, -0.2) is 0 Å². The number of hydrogen-bond donors (Lipinski definition) is 1. The van der Waals surface area contributed by atoms with E-state index in [0.29, 0.717) is 12.5 Å². The molecule has 5 nitrogen and oxygen atoms in total. The van der Waals surface area contributed by atoms with Crippen molar-refractivity contribution in [2.45, 2.75) is 45.3 Å². The van der Waals surface area contributed by atoms with Crippen molar-refractivity contribution in [3.63, 3.8) is 0 Å². The Kier molecular flexibility index (Phi) is 7.32. The van der Waals surface area contributed by atoms with Gasteiger partial charge >= 0.3 is 0 Å². The van der Waals surface area contributed by atoms with Gasteiger partial charge in [0.1, 0.15) is 12.5 Å². The average molecular weight is 280 g/mol. The third-order valence-corrected chi connectivity index (χ3v) is 4.18. The maximum Gasteiger partial charge on any atom is 0.270 e. The Hall–Kier alpha value is -0.750. The predicted octanol–water partition coefficient (Wildman–Crippen LogP) is 2.59. The molecule has 0 atom stereocenters. The molecule has 0 fully saturated rings. The van der Waals surface area contributed by atoms with Crippen LogP contribution in [0.2, 0.25) is 0 Å². The van der Waals surface area contributed by atoms with Crippen LogP contribution in [0, 0.1) is 5.92 Å². The molecule has 0 saturated carbocycles. The van der Waals surface area contributed by atoms with E-state index in [9.17, 15) is 8.42 Å². The Balaban J connectivity index is 3.71. The molecule has 0 rings (SSSR count). The zero-order valence-electron chi connectivity index (χ0n) is 11.5. The summed E-state index contributed by atoms with van der Waals surface area (Å²) in [4.78, 5) is 0. The molecule has 0 aromatic heterocycles. The molecule has 18 heavy (non-hydrogen) atoms. The van der Waals surface area contributed by atoms with Crippen molar-refractivity contribution in [2.75, 3.05) is 13.2 Å². The SMILES string of the molecule is CC(C)CCO/C=C/OCCC(C)(C)S(=O)(=O)O. The summed E-state index contributed by atoms with van der Waals surface area (Å²) in [6, 6.07) is 0. The second-order valence-corrected chi connectivity index (χ2v) is 7.24. The van der Waals surface area contributed by atoms with Crippen LogP contribution in [0.25, 0.3) is 0 Å². The minimum absolute atomic E-state index is 0.205. The Morgan fingerprint density at radius 1 is 1.17 bits per heavy atom. The Morgan fingerprint density at radius 2 is 1.67 bits per heavy atom. The van der Waals surface area contributed by atoms with Crippen LogP contribution >= 0.6 is 0 Å². The van der Waals surface area contributed by atoms with Crippen LogP contribution in [0.3, 0.4) is 0 Å². The zero-order valence-corrected chi connectivity index (χ0v) is 12.4. The first-order chi connectivity index (χ1) is 8.17. The lowest BCUT2D eigenvalue weighted by Gasteiger charge is -2.19. The summed E-state index contributed by atoms with van der Waals surface area (Å²) in [5, 5.41) is 0. The molecule has 0 bridgehead atoms. The van der Waals surface area contributed by atoms with E-state index in [1.807, 2.05) is 0 Å². The van der Waals surface area contributed by atoms with Crippen LogP contribution < -0.4 is 0 Å². The van der Waals surface area contributed by atoms with E-state index in [2.05, 4.69) is 13.8 Å². The molecule has 1 N–H and O–H groups in total. The van der Waals surface area contributed by atoms with Gasteiger partial charge in [-0.05, 0) is 26.2 Å². The van der Waals surface area contributed by atoms with Gasteiger partial charge in [-0.2, -0.15) is 8.42 Å². The second-order valence-electron chi connectivity index (χ2n) is 5.18. The molecule has 0 radical (unpaired) electrons. The molecule has 0 aliphatic carbocycles. The molecule has 6 heteroatoms. The van der Waals surface area contributed by atoms with E-state index in [4.69, 9.17) is 14.0 Å². The quantitative estimate of drug-likeness (QED) is 0.399. The summed E-state index contributed by atoms with van der Waals surface area (Å²) in [6.07, 6.45) is 4.02. The maximum atomic E-state index is 11.0. The third-order valence-electron chi connectivity index (χ3n) is 2.58. The predicted molar refractivity (Wildman–Crippen MR) is 70.7 cm³/mol. The van der Waals surface area contributed by atoms with Gasteiger partial charge in [-0.1, -0.05) is 13.8 Å². The number of ether oxygens (including phenoxy) is 2. The van der Waals surface area contributed by atoms with Crippen molar-refractivity contribution in [1.82, 2.24) is 0 Å². The fraction of sp³-hybridized carbons (Fsp3) is 0.833. The summed E-state index contributed by atoms with van der Waals surface area (Å²) >= 11 is 0. The number of hydrogen-bond acceptors (Lipinski definition) is 4. The van der Waals surface area contributed by atoms with E-state index < -0.39 is 14.9 Å². The van der Waals surface area contributed by atoms with Gasteiger partial charge in [0, 0.05) is 6.42 Å². The van der Waals surface area contributed by atoms with Crippen LogP contribution in [-0.4, -0.2) is 30.9 Å². The van der Waals surface area contributed by atoms with Crippen LogP contribution in [-0.2, 0) is 19.6 Å². The van der Waals surface area contributed by atoms with Crippen molar-refractivity contribution in [3.05, 3.63) is 12.5 Å². The third kappa shape index (κ3) is 7.55. The summed E-state index contributed by atoms with van der Waals surface area (Å²) < 4.78 is 40.0. The van der Waals surface area contributed by atoms with Gasteiger partial charge in [0.05, 0.1) is 18.0 Å². The molecule has 0 amide bonds. The topological polar surface area (TPSA) is 72.8 Å². The van der Waals surface area contributed by atoms with Gasteiger partial charge < -0.3 is 9.47 Å². The van der Waals surface area contributed by atoms with E-state index in [-0.39, 0.29) is 13.0 Å². The Labute approximate surface area is 110 Å². The first-order valence-electron chi connectivity index (χ1n) is 6.02. The summed E-state index contributed by atoms with van der Waals surface area (Å²) in [5.41, 5.74) is 0. The highest BCUT2D eigenvalue weighted by atomic mass is 32.2. The number of rotatable bonds is 9. The second kappa shape index (κ2) is 7.63. The molecule has 108 valence electrons. The minimum atomic E-state index is -4.05. The standard InChI is InChI=1S/C12H24O5S/c1-11(2)5-7-16-9-10-17-8-6-12(3,4)18(13,14)15/h9-11H,5-8H2,1-4H3,(H,13,14,15)/b10-9+. The smallest absolute Gasteiger partial charge is 0.270 e. The maximum absolute atomic E-state index is 11.0. The molecule has 0 saturated heterocycles. The normalized spacial score (nSPS) is 13.2. The molecule has 0 aromatic carbocycles. The lowest BCUT2D eigenvalue weighted by atomic mass is 10.1. The molecule has 0 unspecified atom stereocenters.